The van der Waals surface area contributed by atoms with Crippen LogP contribution in [0.4, 0.5) is 0 Å². The Labute approximate surface area is 126 Å². The largest absolute Gasteiger partial charge is 0.340 e. The first-order chi connectivity index (χ1) is 9.97. The lowest BCUT2D eigenvalue weighted by Gasteiger charge is -2.35. The summed E-state index contributed by atoms with van der Waals surface area (Å²) >= 11 is 0. The fourth-order valence-electron chi connectivity index (χ4n) is 2.93. The summed E-state index contributed by atoms with van der Waals surface area (Å²) in [5, 5.41) is 0. The van der Waals surface area contributed by atoms with Crippen LogP contribution in [0, 0.1) is 5.92 Å². The Morgan fingerprint density at radius 1 is 1.05 bits per heavy atom. The van der Waals surface area contributed by atoms with Gasteiger partial charge >= 0.3 is 0 Å². The summed E-state index contributed by atoms with van der Waals surface area (Å²) in [5.74, 6) is 0.398. The van der Waals surface area contributed by atoms with Crippen molar-refractivity contribution in [3.05, 3.63) is 0 Å². The molecule has 0 aromatic rings. The number of nitrogens with zero attached hydrogens (tertiary/aromatic N) is 3. The first kappa shape index (κ1) is 15.9. The fraction of sp³-hybridized carbons (Fsp3) is 0.800. The maximum absolute atomic E-state index is 12.2. The molecule has 0 aliphatic carbocycles. The first-order valence-electron chi connectivity index (χ1n) is 7.80. The average Bonchev–Trinajstić information content (AvgIpc) is 2.75. The van der Waals surface area contributed by atoms with Gasteiger partial charge in [0.25, 0.3) is 0 Å². The third-order valence-corrected chi connectivity index (χ3v) is 4.05. The molecule has 0 saturated carbocycles. The number of piperazine rings is 1. The zero-order chi connectivity index (χ0) is 15.4. The molecule has 0 bridgehead atoms. The Morgan fingerprint density at radius 3 is 2.14 bits per heavy atom. The summed E-state index contributed by atoms with van der Waals surface area (Å²) in [6.07, 6.45) is 0.837. The summed E-state index contributed by atoms with van der Waals surface area (Å²) < 4.78 is 0. The number of imide groups is 1. The number of hydrogen-bond donors (Lipinski definition) is 0. The van der Waals surface area contributed by atoms with Crippen molar-refractivity contribution in [2.45, 2.75) is 33.1 Å². The predicted octanol–water partition coefficient (Wildman–Crippen LogP) is 0.326. The molecule has 0 N–H and O–H groups in total. The lowest BCUT2D eigenvalue weighted by atomic mass is 10.2. The Bertz CT molecular complexity index is 398. The third kappa shape index (κ3) is 4.27. The van der Waals surface area contributed by atoms with Crippen molar-refractivity contribution in [1.29, 1.82) is 0 Å². The van der Waals surface area contributed by atoms with Crippen LogP contribution in [0.2, 0.25) is 0 Å². The second-order valence-corrected chi connectivity index (χ2v) is 6.26. The van der Waals surface area contributed by atoms with E-state index in [4.69, 9.17) is 0 Å². The molecule has 0 radical (unpaired) electrons. The van der Waals surface area contributed by atoms with Gasteiger partial charge in [-0.1, -0.05) is 13.8 Å². The zero-order valence-corrected chi connectivity index (χ0v) is 13.0. The zero-order valence-electron chi connectivity index (χ0n) is 13.0. The molecule has 0 aromatic heterocycles. The minimum Gasteiger partial charge on any atom is -0.340 e. The molecular formula is C15H25N3O3. The number of likely N-dealkylation sites (tertiary alicyclic amines) is 1. The van der Waals surface area contributed by atoms with E-state index in [2.05, 4.69) is 18.7 Å². The molecule has 0 atom stereocenters. The van der Waals surface area contributed by atoms with Crippen molar-refractivity contribution in [3.8, 4) is 0 Å². The monoisotopic (exact) mass is 295 g/mol. The number of amides is 3. The molecule has 0 spiro atoms. The maximum atomic E-state index is 12.2. The Morgan fingerprint density at radius 2 is 1.62 bits per heavy atom. The van der Waals surface area contributed by atoms with Crippen LogP contribution in [0.5, 0.6) is 0 Å². The van der Waals surface area contributed by atoms with E-state index in [9.17, 15) is 14.4 Å². The molecule has 2 aliphatic rings. The van der Waals surface area contributed by atoms with E-state index in [0.29, 0.717) is 18.8 Å². The highest BCUT2D eigenvalue weighted by Gasteiger charge is 2.30. The molecule has 2 aliphatic heterocycles. The van der Waals surface area contributed by atoms with Crippen molar-refractivity contribution in [1.82, 2.24) is 14.7 Å². The quantitative estimate of drug-likeness (QED) is 0.686. The predicted molar refractivity (Wildman–Crippen MR) is 78.4 cm³/mol. The lowest BCUT2D eigenvalue weighted by molar-refractivity contribution is -0.139. The van der Waals surface area contributed by atoms with Gasteiger partial charge in [0.2, 0.25) is 17.7 Å². The summed E-state index contributed by atoms with van der Waals surface area (Å²) in [7, 11) is 0. The molecule has 21 heavy (non-hydrogen) atoms. The highest BCUT2D eigenvalue weighted by Crippen LogP contribution is 2.13. The van der Waals surface area contributed by atoms with Crippen LogP contribution in [-0.2, 0) is 14.4 Å². The highest BCUT2D eigenvalue weighted by molar-refractivity contribution is 6.02. The smallest absolute Gasteiger partial charge is 0.229 e. The van der Waals surface area contributed by atoms with Gasteiger partial charge in [0.15, 0.2) is 0 Å². The normalized spacial score (nSPS) is 20.7. The van der Waals surface area contributed by atoms with Crippen molar-refractivity contribution in [3.63, 3.8) is 0 Å². The molecule has 0 aromatic carbocycles. The number of carbonyl (C=O) groups excluding carboxylic acids is 3. The standard InChI is InChI=1S/C15H25N3O3/c1-12(2)11-16-7-9-17(10-8-16)13(19)5-6-18-14(20)3-4-15(18)21/h12H,3-11H2,1-2H3. The van der Waals surface area contributed by atoms with E-state index in [-0.39, 0.29) is 30.7 Å². The van der Waals surface area contributed by atoms with E-state index in [1.165, 1.54) is 4.90 Å². The second-order valence-electron chi connectivity index (χ2n) is 6.26. The van der Waals surface area contributed by atoms with Crippen LogP contribution in [0.3, 0.4) is 0 Å². The lowest BCUT2D eigenvalue weighted by Crippen LogP contribution is -2.50. The topological polar surface area (TPSA) is 60.9 Å². The molecule has 2 heterocycles. The SMILES string of the molecule is CC(C)CN1CCN(C(=O)CCN2C(=O)CCC2=O)CC1. The third-order valence-electron chi connectivity index (χ3n) is 4.05. The van der Waals surface area contributed by atoms with Gasteiger partial charge in [-0.25, -0.2) is 0 Å². The maximum Gasteiger partial charge on any atom is 0.229 e. The number of rotatable bonds is 5. The minimum atomic E-state index is -0.144. The van der Waals surface area contributed by atoms with Gasteiger partial charge < -0.3 is 4.90 Å². The van der Waals surface area contributed by atoms with Gasteiger partial charge in [0.1, 0.15) is 0 Å². The van der Waals surface area contributed by atoms with Gasteiger partial charge in [-0.15, -0.1) is 0 Å². The first-order valence-corrected chi connectivity index (χ1v) is 7.80. The van der Waals surface area contributed by atoms with Crippen LogP contribution in [0.25, 0.3) is 0 Å². The van der Waals surface area contributed by atoms with Crippen molar-refractivity contribution in [2.75, 3.05) is 39.3 Å². The van der Waals surface area contributed by atoms with Gasteiger partial charge in [-0.3, -0.25) is 24.2 Å². The average molecular weight is 295 g/mol. The van der Waals surface area contributed by atoms with E-state index in [1.807, 2.05) is 4.90 Å². The molecule has 2 saturated heterocycles. The molecule has 118 valence electrons. The Balaban J connectivity index is 1.72. The molecule has 2 fully saturated rings. The summed E-state index contributed by atoms with van der Waals surface area (Å²) in [4.78, 5) is 40.6. The second kappa shape index (κ2) is 7.02. The minimum absolute atomic E-state index is 0.0479. The van der Waals surface area contributed by atoms with E-state index in [0.717, 1.165) is 32.7 Å². The molecule has 0 unspecified atom stereocenters. The van der Waals surface area contributed by atoms with Crippen LogP contribution >= 0.6 is 0 Å². The fourth-order valence-corrected chi connectivity index (χ4v) is 2.93. The number of carbonyl (C=O) groups is 3. The van der Waals surface area contributed by atoms with Crippen LogP contribution in [0.1, 0.15) is 33.1 Å². The molecular weight excluding hydrogens is 270 g/mol. The van der Waals surface area contributed by atoms with Gasteiger partial charge in [0, 0.05) is 58.5 Å². The van der Waals surface area contributed by atoms with E-state index in [1.54, 1.807) is 0 Å². The molecule has 2 rings (SSSR count). The summed E-state index contributed by atoms with van der Waals surface area (Å²) in [5.41, 5.74) is 0. The molecule has 6 heteroatoms. The highest BCUT2D eigenvalue weighted by atomic mass is 16.2. The summed E-state index contributed by atoms with van der Waals surface area (Å²) in [6, 6.07) is 0. The Hall–Kier alpha value is -1.43. The Kier molecular flexibility index (Phi) is 5.33. The van der Waals surface area contributed by atoms with Gasteiger partial charge in [-0.05, 0) is 5.92 Å². The molecule has 3 amide bonds. The summed E-state index contributed by atoms with van der Waals surface area (Å²) in [6.45, 7) is 9.00. The van der Waals surface area contributed by atoms with Gasteiger partial charge in [0.05, 0.1) is 0 Å². The number of hydrogen-bond acceptors (Lipinski definition) is 4. The van der Waals surface area contributed by atoms with E-state index < -0.39 is 0 Å². The van der Waals surface area contributed by atoms with Crippen molar-refractivity contribution in [2.24, 2.45) is 5.92 Å². The van der Waals surface area contributed by atoms with Crippen molar-refractivity contribution >= 4 is 17.7 Å². The molecule has 6 nitrogen and oxygen atoms in total. The van der Waals surface area contributed by atoms with Crippen LogP contribution in [0.15, 0.2) is 0 Å². The van der Waals surface area contributed by atoms with E-state index >= 15 is 0 Å². The van der Waals surface area contributed by atoms with Gasteiger partial charge in [-0.2, -0.15) is 0 Å². The van der Waals surface area contributed by atoms with Crippen LogP contribution in [-0.4, -0.2) is 71.7 Å². The van der Waals surface area contributed by atoms with Crippen LogP contribution < -0.4 is 0 Å². The van der Waals surface area contributed by atoms with Crippen molar-refractivity contribution < 1.29 is 14.4 Å².